The second-order valence-corrected chi connectivity index (χ2v) is 8.43. The van der Waals surface area contributed by atoms with E-state index in [0.717, 1.165) is 11.3 Å². The van der Waals surface area contributed by atoms with E-state index in [9.17, 15) is 4.79 Å². The molecule has 3 rings (SSSR count). The summed E-state index contributed by atoms with van der Waals surface area (Å²) in [5.74, 6) is 0.602. The van der Waals surface area contributed by atoms with Gasteiger partial charge in [0.15, 0.2) is 5.17 Å². The topological polar surface area (TPSA) is 41.9 Å². The molecule has 0 spiro atoms. The van der Waals surface area contributed by atoms with E-state index in [2.05, 4.69) is 18.8 Å². The zero-order valence-electron chi connectivity index (χ0n) is 16.6. The molecule has 1 aliphatic rings. The third-order valence-electron chi connectivity index (χ3n) is 4.34. The summed E-state index contributed by atoms with van der Waals surface area (Å²) in [6.45, 7) is 8.04. The summed E-state index contributed by atoms with van der Waals surface area (Å²) in [7, 11) is 1.74. The lowest BCUT2D eigenvalue weighted by atomic mass is 10.1. The van der Waals surface area contributed by atoms with Crippen LogP contribution in [-0.2, 0) is 4.79 Å². The normalized spacial score (nSPS) is 17.2. The van der Waals surface area contributed by atoms with Crippen LogP contribution in [0.25, 0.3) is 6.08 Å². The molecule has 28 heavy (non-hydrogen) atoms. The van der Waals surface area contributed by atoms with Gasteiger partial charge in [0.1, 0.15) is 5.75 Å². The third-order valence-corrected chi connectivity index (χ3v) is 5.64. The van der Waals surface area contributed by atoms with Gasteiger partial charge in [-0.1, -0.05) is 17.7 Å². The molecule has 0 radical (unpaired) electrons. The number of aryl methyl sites for hydroxylation is 2. The molecule has 1 heterocycles. The SMILES string of the molecule is Cc1ccc(N=C2S/C(=C/c3cc(Cl)ccc3OC(C)C)C(=O)N2C)cc1C. The van der Waals surface area contributed by atoms with Crippen molar-refractivity contribution in [2.24, 2.45) is 4.99 Å². The van der Waals surface area contributed by atoms with Crippen molar-refractivity contribution in [2.75, 3.05) is 7.05 Å². The van der Waals surface area contributed by atoms with Gasteiger partial charge >= 0.3 is 0 Å². The number of likely N-dealkylation sites (N-methyl/N-ethyl adjacent to an activating group) is 1. The summed E-state index contributed by atoms with van der Waals surface area (Å²) >= 11 is 7.51. The van der Waals surface area contributed by atoms with Crippen LogP contribution < -0.4 is 4.74 Å². The predicted molar refractivity (Wildman–Crippen MR) is 119 cm³/mol. The van der Waals surface area contributed by atoms with E-state index in [1.165, 1.54) is 22.9 Å². The van der Waals surface area contributed by atoms with E-state index in [1.54, 1.807) is 24.1 Å². The summed E-state index contributed by atoms with van der Waals surface area (Å²) in [5, 5.41) is 1.24. The van der Waals surface area contributed by atoms with Crippen LogP contribution in [-0.4, -0.2) is 29.1 Å². The van der Waals surface area contributed by atoms with Gasteiger partial charge in [-0.2, -0.15) is 0 Å². The highest BCUT2D eigenvalue weighted by Gasteiger charge is 2.30. The maximum Gasteiger partial charge on any atom is 0.266 e. The highest BCUT2D eigenvalue weighted by molar-refractivity contribution is 8.18. The maximum absolute atomic E-state index is 12.7. The van der Waals surface area contributed by atoms with Crippen molar-refractivity contribution in [3.63, 3.8) is 0 Å². The molecule has 0 atom stereocenters. The molecule has 2 aromatic carbocycles. The molecule has 6 heteroatoms. The fourth-order valence-electron chi connectivity index (χ4n) is 2.69. The van der Waals surface area contributed by atoms with E-state index >= 15 is 0 Å². The number of carbonyl (C=O) groups excluding carboxylic acids is 1. The maximum atomic E-state index is 12.7. The number of thioether (sulfide) groups is 1. The van der Waals surface area contributed by atoms with Gasteiger partial charge < -0.3 is 4.74 Å². The molecule has 1 saturated heterocycles. The number of hydrogen-bond acceptors (Lipinski definition) is 4. The minimum Gasteiger partial charge on any atom is -0.490 e. The fourth-order valence-corrected chi connectivity index (χ4v) is 3.85. The van der Waals surface area contributed by atoms with Gasteiger partial charge in [0.25, 0.3) is 5.91 Å². The monoisotopic (exact) mass is 414 g/mol. The zero-order chi connectivity index (χ0) is 20.4. The predicted octanol–water partition coefficient (Wildman–Crippen LogP) is 5.98. The Labute approximate surface area is 175 Å². The van der Waals surface area contributed by atoms with E-state index in [4.69, 9.17) is 16.3 Å². The van der Waals surface area contributed by atoms with Gasteiger partial charge in [-0.25, -0.2) is 4.99 Å². The molecule has 0 aromatic heterocycles. The summed E-state index contributed by atoms with van der Waals surface area (Å²) in [6.07, 6.45) is 1.84. The standard InChI is InChI=1S/C22H23ClN2O2S/c1-13(2)27-19-9-7-17(23)11-16(19)12-20-21(26)25(5)22(28-20)24-18-8-6-14(3)15(4)10-18/h6-13H,1-5H3/b20-12+,24-22?. The van der Waals surface area contributed by atoms with Crippen LogP contribution in [0.1, 0.15) is 30.5 Å². The molecule has 0 unspecified atom stereocenters. The molecular weight excluding hydrogens is 392 g/mol. The van der Waals surface area contributed by atoms with Crippen molar-refractivity contribution in [3.8, 4) is 5.75 Å². The van der Waals surface area contributed by atoms with Crippen molar-refractivity contribution in [3.05, 3.63) is 63.0 Å². The van der Waals surface area contributed by atoms with Crippen molar-refractivity contribution in [2.45, 2.75) is 33.8 Å². The summed E-state index contributed by atoms with van der Waals surface area (Å²) < 4.78 is 5.85. The average molecular weight is 415 g/mol. The second kappa shape index (κ2) is 8.41. The molecule has 0 saturated carbocycles. The molecular formula is C22H23ClN2O2S. The molecule has 0 N–H and O–H groups in total. The number of carbonyl (C=O) groups is 1. The summed E-state index contributed by atoms with van der Waals surface area (Å²) in [6, 6.07) is 11.4. The first-order valence-electron chi connectivity index (χ1n) is 9.04. The Morgan fingerprint density at radius 3 is 2.57 bits per heavy atom. The van der Waals surface area contributed by atoms with Crippen LogP contribution in [0.2, 0.25) is 5.02 Å². The van der Waals surface area contributed by atoms with Crippen LogP contribution in [0, 0.1) is 13.8 Å². The van der Waals surface area contributed by atoms with E-state index in [0.29, 0.717) is 20.8 Å². The van der Waals surface area contributed by atoms with Gasteiger partial charge in [-0.15, -0.1) is 0 Å². The van der Waals surface area contributed by atoms with E-state index in [1.807, 2.05) is 44.2 Å². The number of amidine groups is 1. The lowest BCUT2D eigenvalue weighted by Crippen LogP contribution is -2.23. The van der Waals surface area contributed by atoms with Gasteiger partial charge in [0, 0.05) is 17.6 Å². The van der Waals surface area contributed by atoms with Gasteiger partial charge in [0.2, 0.25) is 0 Å². The number of nitrogens with zero attached hydrogens (tertiary/aromatic N) is 2. The van der Waals surface area contributed by atoms with Crippen LogP contribution in [0.5, 0.6) is 5.75 Å². The number of hydrogen-bond donors (Lipinski definition) is 0. The molecule has 2 aromatic rings. The van der Waals surface area contributed by atoms with Crippen molar-refractivity contribution < 1.29 is 9.53 Å². The third kappa shape index (κ3) is 4.59. The number of aliphatic imine (C=N–C) groups is 1. The Hall–Kier alpha value is -2.24. The van der Waals surface area contributed by atoms with Gasteiger partial charge in [0.05, 0.1) is 16.7 Å². The number of ether oxygens (including phenoxy) is 1. The number of benzene rings is 2. The van der Waals surface area contributed by atoms with Crippen molar-refractivity contribution >= 4 is 46.2 Å². The van der Waals surface area contributed by atoms with Crippen LogP contribution in [0.3, 0.4) is 0 Å². The summed E-state index contributed by atoms with van der Waals surface area (Å²) in [5.41, 5.74) is 3.99. The van der Waals surface area contributed by atoms with Gasteiger partial charge in [-0.3, -0.25) is 9.69 Å². The van der Waals surface area contributed by atoms with Gasteiger partial charge in [-0.05, 0) is 87.0 Å². The quantitative estimate of drug-likeness (QED) is 0.578. The van der Waals surface area contributed by atoms with E-state index in [-0.39, 0.29) is 12.0 Å². The highest BCUT2D eigenvalue weighted by Crippen LogP contribution is 2.35. The molecule has 146 valence electrons. The molecule has 0 bridgehead atoms. The average Bonchev–Trinajstić information content (AvgIpc) is 2.88. The molecule has 0 aliphatic carbocycles. The Morgan fingerprint density at radius 2 is 1.89 bits per heavy atom. The Morgan fingerprint density at radius 1 is 1.14 bits per heavy atom. The largest absolute Gasteiger partial charge is 0.490 e. The minimum atomic E-state index is -0.0944. The fraction of sp³-hybridized carbons (Fsp3) is 0.273. The highest BCUT2D eigenvalue weighted by atomic mass is 35.5. The lowest BCUT2D eigenvalue weighted by molar-refractivity contribution is -0.121. The van der Waals surface area contributed by atoms with Crippen molar-refractivity contribution in [1.29, 1.82) is 0 Å². The molecule has 1 aliphatic heterocycles. The lowest BCUT2D eigenvalue weighted by Gasteiger charge is -2.13. The van der Waals surface area contributed by atoms with Crippen LogP contribution >= 0.6 is 23.4 Å². The van der Waals surface area contributed by atoms with Crippen LogP contribution in [0.4, 0.5) is 5.69 Å². The Bertz CT molecular complexity index is 982. The summed E-state index contributed by atoms with van der Waals surface area (Å²) in [4.78, 5) is 19.5. The number of halogens is 1. The minimum absolute atomic E-state index is 0.0230. The van der Waals surface area contributed by atoms with E-state index < -0.39 is 0 Å². The van der Waals surface area contributed by atoms with Crippen LogP contribution in [0.15, 0.2) is 46.3 Å². The molecule has 1 fully saturated rings. The first-order valence-corrected chi connectivity index (χ1v) is 10.2. The first-order chi connectivity index (χ1) is 13.2. The Balaban J connectivity index is 1.94. The number of rotatable bonds is 4. The first kappa shape index (κ1) is 20.5. The second-order valence-electron chi connectivity index (χ2n) is 6.99. The number of amides is 1. The molecule has 1 amide bonds. The van der Waals surface area contributed by atoms with Crippen molar-refractivity contribution in [1.82, 2.24) is 4.90 Å². The molecule has 4 nitrogen and oxygen atoms in total. The zero-order valence-corrected chi connectivity index (χ0v) is 18.2. The Kier molecular flexibility index (Phi) is 6.16. The smallest absolute Gasteiger partial charge is 0.266 e.